The molecule has 66 valence electrons. The third kappa shape index (κ3) is 3.50. The summed E-state index contributed by atoms with van der Waals surface area (Å²) in [5.74, 6) is -4.69. The number of hydrogen-bond acceptors (Lipinski definition) is 3. The normalized spacial score (nSPS) is 12.8. The third-order valence-corrected chi connectivity index (χ3v) is 1.15. The molecule has 0 aromatic rings. The highest BCUT2D eigenvalue weighted by molar-refractivity contribution is 6.33. The summed E-state index contributed by atoms with van der Waals surface area (Å²) in [5, 5.41) is 16.3. The van der Waals surface area contributed by atoms with Crippen molar-refractivity contribution >= 4 is 17.7 Å². The number of carboxylic acids is 2. The Morgan fingerprint density at radius 1 is 1.25 bits per heavy atom. The number of Topliss-reactive ketones (excluding diaryl/α,β-unsaturated/α-hetero) is 1. The van der Waals surface area contributed by atoms with Crippen molar-refractivity contribution in [3.63, 3.8) is 0 Å². The fraction of sp³-hybridized carbons (Fsp3) is 0.286. The van der Waals surface area contributed by atoms with Crippen LogP contribution in [0, 0.1) is 5.92 Å². The first-order valence-electron chi connectivity index (χ1n) is 3.13. The lowest BCUT2D eigenvalue weighted by Gasteiger charge is -1.97. The summed E-state index contributed by atoms with van der Waals surface area (Å²) in [6.45, 7) is 1.32. The van der Waals surface area contributed by atoms with Gasteiger partial charge in [-0.3, -0.25) is 4.79 Å². The van der Waals surface area contributed by atoms with Crippen molar-refractivity contribution in [2.45, 2.75) is 6.92 Å². The van der Waals surface area contributed by atoms with Crippen LogP contribution in [0.5, 0.6) is 0 Å². The standard InChI is InChI=1S/C7H8O5/c1-4(2-3-5(8)9)6(10)7(11)12/h2-4H,1H3,(H,8,9)(H,11,12)/b3-2+/t4-/m0/s1. The molecule has 1 atom stereocenters. The number of rotatable bonds is 4. The van der Waals surface area contributed by atoms with E-state index in [1.807, 2.05) is 0 Å². The third-order valence-electron chi connectivity index (χ3n) is 1.15. The molecule has 0 saturated heterocycles. The lowest BCUT2D eigenvalue weighted by Crippen LogP contribution is -2.19. The van der Waals surface area contributed by atoms with Gasteiger partial charge in [0.15, 0.2) is 0 Å². The van der Waals surface area contributed by atoms with Gasteiger partial charge in [0.05, 0.1) is 0 Å². The molecule has 0 fully saturated rings. The number of hydrogen-bond donors (Lipinski definition) is 2. The largest absolute Gasteiger partial charge is 0.478 e. The van der Waals surface area contributed by atoms with Crippen LogP contribution in [0.2, 0.25) is 0 Å². The van der Waals surface area contributed by atoms with Gasteiger partial charge < -0.3 is 10.2 Å². The molecule has 12 heavy (non-hydrogen) atoms. The van der Waals surface area contributed by atoms with Crippen molar-refractivity contribution in [1.29, 1.82) is 0 Å². The average Bonchev–Trinajstić information content (AvgIpc) is 1.98. The Balaban J connectivity index is 4.22. The lowest BCUT2D eigenvalue weighted by atomic mass is 10.1. The van der Waals surface area contributed by atoms with Crippen LogP contribution in [0.3, 0.4) is 0 Å². The summed E-state index contributed by atoms with van der Waals surface area (Å²) in [7, 11) is 0. The van der Waals surface area contributed by atoms with Gasteiger partial charge in [-0.05, 0) is 0 Å². The fourth-order valence-electron chi connectivity index (χ4n) is 0.509. The summed E-state index contributed by atoms with van der Waals surface area (Å²) >= 11 is 0. The first kappa shape index (κ1) is 10.3. The zero-order chi connectivity index (χ0) is 9.72. The van der Waals surface area contributed by atoms with Gasteiger partial charge in [-0.1, -0.05) is 13.0 Å². The monoisotopic (exact) mass is 172 g/mol. The van der Waals surface area contributed by atoms with Gasteiger partial charge in [-0.25, -0.2) is 9.59 Å². The molecular weight excluding hydrogens is 164 g/mol. The summed E-state index contributed by atoms with van der Waals surface area (Å²) in [4.78, 5) is 30.6. The Labute approximate surface area is 68.3 Å². The van der Waals surface area contributed by atoms with Crippen molar-refractivity contribution in [1.82, 2.24) is 0 Å². The van der Waals surface area contributed by atoms with E-state index >= 15 is 0 Å². The SMILES string of the molecule is C[C@@H](/C=C/C(=O)O)C(=O)C(=O)O. The van der Waals surface area contributed by atoms with E-state index < -0.39 is 23.6 Å². The maximum absolute atomic E-state index is 10.6. The van der Waals surface area contributed by atoms with Gasteiger partial charge >= 0.3 is 11.9 Å². The number of allylic oxidation sites excluding steroid dienone is 1. The molecule has 0 aliphatic rings. The predicted molar refractivity (Wildman–Crippen MR) is 38.6 cm³/mol. The van der Waals surface area contributed by atoms with Crippen LogP contribution in [0.4, 0.5) is 0 Å². The number of ketones is 1. The molecule has 0 amide bonds. The van der Waals surface area contributed by atoms with Gasteiger partial charge in [0.25, 0.3) is 0 Å². The van der Waals surface area contributed by atoms with E-state index in [9.17, 15) is 14.4 Å². The zero-order valence-electron chi connectivity index (χ0n) is 6.35. The van der Waals surface area contributed by atoms with Crippen molar-refractivity contribution in [2.24, 2.45) is 5.92 Å². The van der Waals surface area contributed by atoms with E-state index in [0.717, 1.165) is 12.2 Å². The van der Waals surface area contributed by atoms with E-state index in [1.54, 1.807) is 0 Å². The molecule has 0 rings (SSSR count). The predicted octanol–water partition coefficient (Wildman–Crippen LogP) is -0.0830. The smallest absolute Gasteiger partial charge is 0.372 e. The highest BCUT2D eigenvalue weighted by Gasteiger charge is 2.17. The molecule has 0 radical (unpaired) electrons. The van der Waals surface area contributed by atoms with Gasteiger partial charge in [0.1, 0.15) is 0 Å². The van der Waals surface area contributed by atoms with Gasteiger partial charge in [-0.15, -0.1) is 0 Å². The molecule has 0 aliphatic carbocycles. The van der Waals surface area contributed by atoms with E-state index in [-0.39, 0.29) is 0 Å². The molecule has 0 heterocycles. The van der Waals surface area contributed by atoms with Crippen LogP contribution in [-0.2, 0) is 14.4 Å². The van der Waals surface area contributed by atoms with Crippen LogP contribution in [-0.4, -0.2) is 27.9 Å². The highest BCUT2D eigenvalue weighted by Crippen LogP contribution is 1.98. The molecule has 0 aliphatic heterocycles. The molecule has 2 N–H and O–H groups in total. The van der Waals surface area contributed by atoms with Crippen molar-refractivity contribution in [2.75, 3.05) is 0 Å². The van der Waals surface area contributed by atoms with Crippen LogP contribution in [0.15, 0.2) is 12.2 Å². The Bertz CT molecular complexity index is 240. The Morgan fingerprint density at radius 3 is 2.08 bits per heavy atom. The maximum atomic E-state index is 10.6. The second-order valence-corrected chi connectivity index (χ2v) is 2.16. The molecular formula is C7H8O5. The van der Waals surface area contributed by atoms with E-state index in [2.05, 4.69) is 0 Å². The summed E-state index contributed by atoms with van der Waals surface area (Å²) in [6, 6.07) is 0. The average molecular weight is 172 g/mol. The van der Waals surface area contributed by atoms with Gasteiger partial charge in [-0.2, -0.15) is 0 Å². The molecule has 0 saturated carbocycles. The van der Waals surface area contributed by atoms with Crippen molar-refractivity contribution in [3.8, 4) is 0 Å². The molecule has 5 nitrogen and oxygen atoms in total. The minimum atomic E-state index is -1.56. The van der Waals surface area contributed by atoms with E-state index in [0.29, 0.717) is 0 Å². The van der Waals surface area contributed by atoms with Crippen LogP contribution < -0.4 is 0 Å². The molecule has 0 spiro atoms. The molecule has 0 aromatic carbocycles. The maximum Gasteiger partial charge on any atom is 0.372 e. The summed E-state index contributed by atoms with van der Waals surface area (Å²) in [6.07, 6.45) is 1.77. The summed E-state index contributed by atoms with van der Waals surface area (Å²) < 4.78 is 0. The number of aliphatic carboxylic acids is 2. The highest BCUT2D eigenvalue weighted by atomic mass is 16.4. The minimum absolute atomic E-state index is 0.742. The van der Waals surface area contributed by atoms with Crippen LogP contribution >= 0.6 is 0 Å². The van der Waals surface area contributed by atoms with Crippen molar-refractivity contribution < 1.29 is 24.6 Å². The van der Waals surface area contributed by atoms with E-state index in [1.165, 1.54) is 6.92 Å². The number of carboxylic acid groups (broad SMARTS) is 2. The minimum Gasteiger partial charge on any atom is -0.478 e. The Morgan fingerprint density at radius 2 is 1.75 bits per heavy atom. The first-order chi connectivity index (χ1) is 5.45. The fourth-order valence-corrected chi connectivity index (χ4v) is 0.509. The van der Waals surface area contributed by atoms with Gasteiger partial charge in [0, 0.05) is 12.0 Å². The van der Waals surface area contributed by atoms with Crippen molar-refractivity contribution in [3.05, 3.63) is 12.2 Å². The second-order valence-electron chi connectivity index (χ2n) is 2.16. The molecule has 0 unspecified atom stereocenters. The first-order valence-corrected chi connectivity index (χ1v) is 3.13. The zero-order valence-corrected chi connectivity index (χ0v) is 6.35. The summed E-state index contributed by atoms with van der Waals surface area (Å²) in [5.41, 5.74) is 0. The van der Waals surface area contributed by atoms with E-state index in [4.69, 9.17) is 10.2 Å². The lowest BCUT2D eigenvalue weighted by molar-refractivity contribution is -0.150. The second kappa shape index (κ2) is 4.27. The topological polar surface area (TPSA) is 91.7 Å². The number of carbonyl (C=O) groups is 3. The quantitative estimate of drug-likeness (QED) is 0.457. The molecule has 5 heteroatoms. The molecule has 0 bridgehead atoms. The Hall–Kier alpha value is -1.65. The number of carbonyl (C=O) groups excluding carboxylic acids is 1. The molecule has 0 aromatic heterocycles. The van der Waals surface area contributed by atoms with Gasteiger partial charge in [0.2, 0.25) is 5.78 Å². The Kier molecular flexibility index (Phi) is 3.69. The van der Waals surface area contributed by atoms with Crippen LogP contribution in [0.25, 0.3) is 0 Å². The van der Waals surface area contributed by atoms with Crippen LogP contribution in [0.1, 0.15) is 6.92 Å².